The van der Waals surface area contributed by atoms with Crippen molar-refractivity contribution in [2.75, 3.05) is 18.1 Å². The first-order chi connectivity index (χ1) is 12.8. The smallest absolute Gasteiger partial charge is 0.355 e. The lowest BCUT2D eigenvalue weighted by Gasteiger charge is -2.09. The first-order valence-corrected chi connectivity index (χ1v) is 10.3. The third-order valence-corrected chi connectivity index (χ3v) is 5.97. The first-order valence-electron chi connectivity index (χ1n) is 7.99. The number of pyridine rings is 1. The summed E-state index contributed by atoms with van der Waals surface area (Å²) < 4.78 is 39.7. The summed E-state index contributed by atoms with van der Waals surface area (Å²) in [6, 6.07) is 1.30. The Bertz CT molecular complexity index is 813. The SMILES string of the molecule is O=C(CSc1nncn1C1CC1)NCCSc1ncc(C(F)(F)F)cc1Cl. The summed E-state index contributed by atoms with van der Waals surface area (Å²) >= 11 is 8.34. The van der Waals surface area contributed by atoms with Crippen LogP contribution in [-0.2, 0) is 11.0 Å². The molecule has 0 spiro atoms. The highest BCUT2D eigenvalue weighted by Crippen LogP contribution is 2.37. The monoisotopic (exact) mass is 437 g/mol. The van der Waals surface area contributed by atoms with Crippen LogP contribution in [0.2, 0.25) is 5.02 Å². The van der Waals surface area contributed by atoms with E-state index in [2.05, 4.69) is 20.5 Å². The van der Waals surface area contributed by atoms with Crippen molar-refractivity contribution in [1.82, 2.24) is 25.1 Å². The largest absolute Gasteiger partial charge is 0.417 e. The van der Waals surface area contributed by atoms with Gasteiger partial charge in [-0.25, -0.2) is 4.98 Å². The van der Waals surface area contributed by atoms with Gasteiger partial charge in [-0.15, -0.1) is 22.0 Å². The molecule has 146 valence electrons. The van der Waals surface area contributed by atoms with Gasteiger partial charge in [0.1, 0.15) is 11.4 Å². The Kier molecular flexibility index (Phi) is 6.53. The van der Waals surface area contributed by atoms with Crippen molar-refractivity contribution in [3.05, 3.63) is 29.2 Å². The lowest BCUT2D eigenvalue weighted by Crippen LogP contribution is -2.27. The van der Waals surface area contributed by atoms with Crippen LogP contribution in [-0.4, -0.2) is 43.7 Å². The number of hydrogen-bond acceptors (Lipinski definition) is 6. The van der Waals surface area contributed by atoms with Crippen LogP contribution in [0.5, 0.6) is 0 Å². The fraction of sp³-hybridized carbons (Fsp3) is 0.467. The van der Waals surface area contributed by atoms with Crippen molar-refractivity contribution < 1.29 is 18.0 Å². The summed E-state index contributed by atoms with van der Waals surface area (Å²) in [5.74, 6) is 0.500. The Morgan fingerprint density at radius 3 is 2.81 bits per heavy atom. The summed E-state index contributed by atoms with van der Waals surface area (Å²) in [4.78, 5) is 15.6. The van der Waals surface area contributed by atoms with Crippen LogP contribution in [0.1, 0.15) is 24.4 Å². The zero-order valence-electron chi connectivity index (χ0n) is 13.9. The lowest BCUT2D eigenvalue weighted by atomic mass is 10.3. The number of alkyl halides is 3. The molecule has 0 saturated heterocycles. The minimum absolute atomic E-state index is 0.0591. The minimum Gasteiger partial charge on any atom is -0.355 e. The zero-order valence-corrected chi connectivity index (χ0v) is 16.3. The topological polar surface area (TPSA) is 72.7 Å². The van der Waals surface area contributed by atoms with Crippen LogP contribution >= 0.6 is 35.1 Å². The number of nitrogens with one attached hydrogen (secondary N) is 1. The van der Waals surface area contributed by atoms with E-state index in [-0.39, 0.29) is 16.7 Å². The van der Waals surface area contributed by atoms with Gasteiger partial charge in [-0.05, 0) is 18.9 Å². The summed E-state index contributed by atoms with van der Waals surface area (Å²) in [5.41, 5.74) is -0.888. The second-order valence-corrected chi connectivity index (χ2v) is 8.18. The van der Waals surface area contributed by atoms with Gasteiger partial charge >= 0.3 is 6.18 Å². The van der Waals surface area contributed by atoms with Crippen LogP contribution in [0.3, 0.4) is 0 Å². The van der Waals surface area contributed by atoms with Gasteiger partial charge in [0.05, 0.1) is 16.3 Å². The first kappa shape index (κ1) is 20.3. The van der Waals surface area contributed by atoms with Gasteiger partial charge < -0.3 is 9.88 Å². The number of nitrogens with zero attached hydrogens (tertiary/aromatic N) is 4. The van der Waals surface area contributed by atoms with Gasteiger partial charge in [-0.2, -0.15) is 13.2 Å². The molecule has 0 atom stereocenters. The van der Waals surface area contributed by atoms with Gasteiger partial charge in [0.25, 0.3) is 0 Å². The third kappa shape index (κ3) is 5.76. The van der Waals surface area contributed by atoms with E-state index in [1.54, 1.807) is 6.33 Å². The number of hydrogen-bond donors (Lipinski definition) is 1. The van der Waals surface area contributed by atoms with Crippen molar-refractivity contribution in [2.45, 2.75) is 35.2 Å². The van der Waals surface area contributed by atoms with E-state index < -0.39 is 11.7 Å². The highest BCUT2D eigenvalue weighted by Gasteiger charge is 2.31. The summed E-state index contributed by atoms with van der Waals surface area (Å²) in [6.07, 6.45) is 0.162. The van der Waals surface area contributed by atoms with Gasteiger partial charge in [-0.3, -0.25) is 4.79 Å². The molecule has 2 heterocycles. The van der Waals surface area contributed by atoms with E-state index in [1.165, 1.54) is 23.5 Å². The molecule has 1 N–H and O–H groups in total. The molecule has 0 aromatic carbocycles. The van der Waals surface area contributed by atoms with E-state index in [0.29, 0.717) is 23.4 Å². The molecule has 2 aromatic heterocycles. The highest BCUT2D eigenvalue weighted by atomic mass is 35.5. The second kappa shape index (κ2) is 8.70. The van der Waals surface area contributed by atoms with E-state index >= 15 is 0 Å². The molecule has 1 saturated carbocycles. The minimum atomic E-state index is -4.48. The van der Waals surface area contributed by atoms with Gasteiger partial charge in [0.15, 0.2) is 5.16 Å². The maximum absolute atomic E-state index is 12.6. The van der Waals surface area contributed by atoms with Crippen molar-refractivity contribution in [3.63, 3.8) is 0 Å². The molecule has 6 nitrogen and oxygen atoms in total. The van der Waals surface area contributed by atoms with Crippen molar-refractivity contribution in [2.24, 2.45) is 0 Å². The predicted molar refractivity (Wildman–Crippen MR) is 97.0 cm³/mol. The van der Waals surface area contributed by atoms with Crippen LogP contribution in [0.25, 0.3) is 0 Å². The molecule has 1 fully saturated rings. The van der Waals surface area contributed by atoms with Crippen molar-refractivity contribution >= 4 is 41.0 Å². The molecular weight excluding hydrogens is 423 g/mol. The number of amides is 1. The Morgan fingerprint density at radius 1 is 1.37 bits per heavy atom. The molecule has 0 radical (unpaired) electrons. The average molecular weight is 438 g/mol. The molecule has 0 unspecified atom stereocenters. The Hall–Kier alpha value is -1.46. The maximum Gasteiger partial charge on any atom is 0.417 e. The molecule has 1 aliphatic carbocycles. The molecule has 1 aliphatic rings. The molecule has 0 bridgehead atoms. The molecule has 27 heavy (non-hydrogen) atoms. The molecule has 1 amide bonds. The zero-order chi connectivity index (χ0) is 19.4. The highest BCUT2D eigenvalue weighted by molar-refractivity contribution is 7.99. The third-order valence-electron chi connectivity index (χ3n) is 3.61. The number of aromatic nitrogens is 4. The fourth-order valence-electron chi connectivity index (χ4n) is 2.14. The Morgan fingerprint density at radius 2 is 2.15 bits per heavy atom. The Balaban J connectivity index is 1.38. The molecule has 2 aromatic rings. The van der Waals surface area contributed by atoms with Crippen LogP contribution in [0.15, 0.2) is 28.8 Å². The molecule has 0 aliphatic heterocycles. The number of halogens is 4. The van der Waals surface area contributed by atoms with Crippen LogP contribution in [0, 0.1) is 0 Å². The fourth-order valence-corrected chi connectivity index (χ4v) is 4.01. The van der Waals surface area contributed by atoms with E-state index in [0.717, 1.165) is 30.3 Å². The molecular formula is C15H15ClF3N5OS2. The van der Waals surface area contributed by atoms with Crippen LogP contribution < -0.4 is 5.32 Å². The number of rotatable bonds is 8. The van der Waals surface area contributed by atoms with Gasteiger partial charge in [-0.1, -0.05) is 23.4 Å². The average Bonchev–Trinajstić information content (AvgIpc) is 3.35. The van der Waals surface area contributed by atoms with Crippen molar-refractivity contribution in [1.29, 1.82) is 0 Å². The number of carbonyl (C=O) groups excluding carboxylic acids is 1. The van der Waals surface area contributed by atoms with E-state index in [9.17, 15) is 18.0 Å². The van der Waals surface area contributed by atoms with E-state index in [4.69, 9.17) is 11.6 Å². The van der Waals surface area contributed by atoms with Gasteiger partial charge in [0.2, 0.25) is 5.91 Å². The standard InChI is InChI=1S/C15H15ClF3N5OS2/c16-11-5-9(15(17,18)19)6-21-13(11)26-4-3-20-12(25)7-27-14-23-22-8-24(14)10-1-2-10/h5-6,8,10H,1-4,7H2,(H,20,25). The maximum atomic E-state index is 12.6. The Labute approximate surface area is 166 Å². The lowest BCUT2D eigenvalue weighted by molar-refractivity contribution is -0.137. The van der Waals surface area contributed by atoms with Crippen LogP contribution in [0.4, 0.5) is 13.2 Å². The van der Waals surface area contributed by atoms with Gasteiger partial charge in [0, 0.05) is 24.5 Å². The summed E-state index contributed by atoms with van der Waals surface area (Å²) in [5, 5.41) is 11.6. The van der Waals surface area contributed by atoms with Crippen molar-refractivity contribution in [3.8, 4) is 0 Å². The number of carbonyl (C=O) groups is 1. The number of thioether (sulfide) groups is 2. The summed E-state index contributed by atoms with van der Waals surface area (Å²) in [7, 11) is 0. The second-order valence-electron chi connectivity index (χ2n) is 5.75. The molecule has 12 heteroatoms. The normalized spacial score (nSPS) is 14.4. The summed E-state index contributed by atoms with van der Waals surface area (Å²) in [6.45, 7) is 0.346. The quantitative estimate of drug-likeness (QED) is 0.501. The molecule has 3 rings (SSSR count). The predicted octanol–water partition coefficient (Wildman–Crippen LogP) is 3.68. The van der Waals surface area contributed by atoms with E-state index in [1.807, 2.05) is 4.57 Å².